The molecule has 4 N–H and O–H groups in total. The van der Waals surface area contributed by atoms with Gasteiger partial charge in [0.05, 0.1) is 12.3 Å². The van der Waals surface area contributed by atoms with E-state index in [1.165, 1.54) is 0 Å². The summed E-state index contributed by atoms with van der Waals surface area (Å²) in [5, 5.41) is 5.69. The molecule has 1 aliphatic heterocycles. The molecule has 2 atom stereocenters. The SMILES string of the molecule is CC(C)C(NC(=O)Cc1ccccc1)C(=O)N1CCCC(C(=O)NCCN)C1. The van der Waals surface area contributed by atoms with Crippen molar-refractivity contribution in [1.29, 1.82) is 0 Å². The van der Waals surface area contributed by atoms with E-state index in [-0.39, 0.29) is 36.0 Å². The molecule has 0 saturated carbocycles. The minimum atomic E-state index is -0.595. The number of rotatable bonds is 8. The summed E-state index contributed by atoms with van der Waals surface area (Å²) in [5.74, 6) is -0.617. The lowest BCUT2D eigenvalue weighted by molar-refractivity contribution is -0.140. The summed E-state index contributed by atoms with van der Waals surface area (Å²) >= 11 is 0. The minimum Gasteiger partial charge on any atom is -0.355 e. The summed E-state index contributed by atoms with van der Waals surface area (Å²) in [6, 6.07) is 8.86. The van der Waals surface area contributed by atoms with Crippen molar-refractivity contribution in [3.05, 3.63) is 35.9 Å². The molecule has 0 aliphatic carbocycles. The first-order valence-corrected chi connectivity index (χ1v) is 10.0. The third-order valence-corrected chi connectivity index (χ3v) is 5.00. The van der Waals surface area contributed by atoms with E-state index in [1.54, 1.807) is 4.90 Å². The van der Waals surface area contributed by atoms with Crippen molar-refractivity contribution in [2.24, 2.45) is 17.6 Å². The van der Waals surface area contributed by atoms with Crippen LogP contribution in [0.15, 0.2) is 30.3 Å². The quantitative estimate of drug-likeness (QED) is 0.609. The van der Waals surface area contributed by atoms with Crippen LogP contribution in [0.5, 0.6) is 0 Å². The van der Waals surface area contributed by atoms with Gasteiger partial charge in [-0.05, 0) is 24.3 Å². The van der Waals surface area contributed by atoms with E-state index in [9.17, 15) is 14.4 Å². The average Bonchev–Trinajstić information content (AvgIpc) is 2.70. The lowest BCUT2D eigenvalue weighted by Crippen LogP contribution is -2.55. The molecule has 1 aromatic carbocycles. The zero-order valence-corrected chi connectivity index (χ0v) is 16.8. The molecular weight excluding hydrogens is 356 g/mol. The van der Waals surface area contributed by atoms with Crippen LogP contribution < -0.4 is 16.4 Å². The molecule has 0 radical (unpaired) electrons. The summed E-state index contributed by atoms with van der Waals surface area (Å²) in [7, 11) is 0. The van der Waals surface area contributed by atoms with Crippen LogP contribution in [-0.2, 0) is 20.8 Å². The van der Waals surface area contributed by atoms with Crippen LogP contribution in [0.25, 0.3) is 0 Å². The van der Waals surface area contributed by atoms with Gasteiger partial charge in [-0.1, -0.05) is 44.2 Å². The van der Waals surface area contributed by atoms with Crippen molar-refractivity contribution >= 4 is 17.7 Å². The van der Waals surface area contributed by atoms with E-state index < -0.39 is 6.04 Å². The van der Waals surface area contributed by atoms with Crippen molar-refractivity contribution in [2.45, 2.75) is 39.2 Å². The van der Waals surface area contributed by atoms with Crippen molar-refractivity contribution in [2.75, 3.05) is 26.2 Å². The van der Waals surface area contributed by atoms with Crippen molar-refractivity contribution in [1.82, 2.24) is 15.5 Å². The predicted molar refractivity (Wildman–Crippen MR) is 108 cm³/mol. The topological polar surface area (TPSA) is 105 Å². The van der Waals surface area contributed by atoms with E-state index in [0.717, 1.165) is 18.4 Å². The molecule has 0 aromatic heterocycles. The van der Waals surface area contributed by atoms with Crippen LogP contribution in [0.4, 0.5) is 0 Å². The Morgan fingerprint density at radius 2 is 1.93 bits per heavy atom. The number of nitrogens with zero attached hydrogens (tertiary/aromatic N) is 1. The van der Waals surface area contributed by atoms with E-state index in [2.05, 4.69) is 10.6 Å². The van der Waals surface area contributed by atoms with Gasteiger partial charge in [-0.15, -0.1) is 0 Å². The van der Waals surface area contributed by atoms with Crippen molar-refractivity contribution in [3.8, 4) is 0 Å². The Bertz CT molecular complexity index is 663. The van der Waals surface area contributed by atoms with Crippen molar-refractivity contribution in [3.63, 3.8) is 0 Å². The number of amides is 3. The number of carbonyl (C=O) groups excluding carboxylic acids is 3. The van der Waals surface area contributed by atoms with Gasteiger partial charge in [-0.2, -0.15) is 0 Å². The molecule has 0 bridgehead atoms. The number of hydrogen-bond acceptors (Lipinski definition) is 4. The van der Waals surface area contributed by atoms with Crippen LogP contribution in [0.1, 0.15) is 32.3 Å². The summed E-state index contributed by atoms with van der Waals surface area (Å²) < 4.78 is 0. The van der Waals surface area contributed by atoms with Crippen LogP contribution >= 0.6 is 0 Å². The highest BCUT2D eigenvalue weighted by molar-refractivity contribution is 5.89. The molecule has 154 valence electrons. The summed E-state index contributed by atoms with van der Waals surface area (Å²) in [5.41, 5.74) is 6.34. The number of hydrogen-bond donors (Lipinski definition) is 3. The van der Waals surface area contributed by atoms with E-state index in [4.69, 9.17) is 5.73 Å². The summed E-state index contributed by atoms with van der Waals surface area (Å²) in [4.78, 5) is 39.5. The Balaban J connectivity index is 1.97. The molecule has 2 unspecified atom stereocenters. The molecule has 1 saturated heterocycles. The maximum Gasteiger partial charge on any atom is 0.245 e. The zero-order valence-electron chi connectivity index (χ0n) is 16.8. The molecule has 0 spiro atoms. The fourth-order valence-electron chi connectivity index (χ4n) is 3.45. The van der Waals surface area contributed by atoms with Gasteiger partial charge < -0.3 is 21.3 Å². The first kappa shape index (κ1) is 21.9. The standard InChI is InChI=1S/C21H32N4O3/c1-15(2)19(24-18(26)13-16-7-4-3-5-8-16)21(28)25-12-6-9-17(14-25)20(27)23-11-10-22/h3-5,7-8,15,17,19H,6,9-14,22H2,1-2H3,(H,23,27)(H,24,26). The maximum absolute atomic E-state index is 13.1. The number of carbonyl (C=O) groups is 3. The fraction of sp³-hybridized carbons (Fsp3) is 0.571. The molecule has 1 heterocycles. The Morgan fingerprint density at radius 1 is 1.21 bits per heavy atom. The summed E-state index contributed by atoms with van der Waals surface area (Å²) in [6.07, 6.45) is 1.77. The Hall–Kier alpha value is -2.41. The van der Waals surface area contributed by atoms with Crippen molar-refractivity contribution < 1.29 is 14.4 Å². The number of nitrogens with two attached hydrogens (primary N) is 1. The van der Waals surface area contributed by atoms with Gasteiger partial charge >= 0.3 is 0 Å². The molecule has 1 aromatic rings. The monoisotopic (exact) mass is 388 g/mol. The second-order valence-corrected chi connectivity index (χ2v) is 7.65. The van der Waals surface area contributed by atoms with Gasteiger partial charge in [0.1, 0.15) is 6.04 Å². The second kappa shape index (κ2) is 10.8. The van der Waals surface area contributed by atoms with Gasteiger partial charge in [-0.25, -0.2) is 0 Å². The smallest absolute Gasteiger partial charge is 0.245 e. The van der Waals surface area contributed by atoms with Crippen LogP contribution in [0, 0.1) is 11.8 Å². The Morgan fingerprint density at radius 3 is 2.57 bits per heavy atom. The van der Waals surface area contributed by atoms with Crippen LogP contribution in [-0.4, -0.2) is 54.8 Å². The third kappa shape index (κ3) is 6.34. The third-order valence-electron chi connectivity index (χ3n) is 5.00. The van der Waals surface area contributed by atoms with Gasteiger partial charge in [0.25, 0.3) is 0 Å². The highest BCUT2D eigenvalue weighted by Gasteiger charge is 2.33. The molecule has 1 fully saturated rings. The zero-order chi connectivity index (χ0) is 20.5. The first-order chi connectivity index (χ1) is 13.4. The van der Waals surface area contributed by atoms with Crippen LogP contribution in [0.3, 0.4) is 0 Å². The highest BCUT2D eigenvalue weighted by atomic mass is 16.2. The largest absolute Gasteiger partial charge is 0.355 e. The minimum absolute atomic E-state index is 0.0429. The lowest BCUT2D eigenvalue weighted by Gasteiger charge is -2.35. The van der Waals surface area contributed by atoms with E-state index in [1.807, 2.05) is 44.2 Å². The van der Waals surface area contributed by atoms with E-state index >= 15 is 0 Å². The lowest BCUT2D eigenvalue weighted by atomic mass is 9.94. The Kier molecular flexibility index (Phi) is 8.44. The van der Waals surface area contributed by atoms with Gasteiger partial charge in [-0.3, -0.25) is 14.4 Å². The molecule has 7 nitrogen and oxygen atoms in total. The number of piperidine rings is 1. The first-order valence-electron chi connectivity index (χ1n) is 10.0. The number of benzene rings is 1. The summed E-state index contributed by atoms with van der Waals surface area (Å²) in [6.45, 7) is 5.66. The second-order valence-electron chi connectivity index (χ2n) is 7.65. The normalized spacial score (nSPS) is 17.9. The number of likely N-dealkylation sites (tertiary alicyclic amines) is 1. The van der Waals surface area contributed by atoms with Crippen LogP contribution in [0.2, 0.25) is 0 Å². The molecule has 3 amide bonds. The fourth-order valence-corrected chi connectivity index (χ4v) is 3.45. The van der Waals surface area contributed by atoms with Gasteiger partial charge in [0.15, 0.2) is 0 Å². The molecular formula is C21H32N4O3. The Labute approximate surface area is 167 Å². The van der Waals surface area contributed by atoms with E-state index in [0.29, 0.717) is 26.2 Å². The predicted octanol–water partition coefficient (Wildman–Crippen LogP) is 0.683. The highest BCUT2D eigenvalue weighted by Crippen LogP contribution is 2.19. The molecule has 2 rings (SSSR count). The maximum atomic E-state index is 13.1. The molecule has 1 aliphatic rings. The molecule has 7 heteroatoms. The number of nitrogens with one attached hydrogen (secondary N) is 2. The van der Waals surface area contributed by atoms with Gasteiger partial charge in [0.2, 0.25) is 17.7 Å². The van der Waals surface area contributed by atoms with Gasteiger partial charge in [0, 0.05) is 26.2 Å². The average molecular weight is 389 g/mol. The molecule has 28 heavy (non-hydrogen) atoms.